The monoisotopic (exact) mass is 335 g/mol. The molecule has 3 rings (SSSR count). The Balaban J connectivity index is 1.58. The minimum absolute atomic E-state index is 0.112. The molecule has 2 N–H and O–H groups in total. The first kappa shape index (κ1) is 16.6. The fourth-order valence-corrected chi connectivity index (χ4v) is 2.36. The van der Waals surface area contributed by atoms with E-state index in [9.17, 15) is 9.18 Å². The first-order valence-electron chi connectivity index (χ1n) is 7.92. The lowest BCUT2D eigenvalue weighted by atomic mass is 10.1. The molecule has 0 fully saturated rings. The van der Waals surface area contributed by atoms with E-state index in [4.69, 9.17) is 0 Å². The SMILES string of the molecule is Cc1ccc(Nc2ccc(NC(=O)Cc3cccc(F)c3)cn2)cc1. The summed E-state index contributed by atoms with van der Waals surface area (Å²) in [4.78, 5) is 16.3. The third kappa shape index (κ3) is 4.88. The molecule has 25 heavy (non-hydrogen) atoms. The summed E-state index contributed by atoms with van der Waals surface area (Å²) < 4.78 is 13.1. The van der Waals surface area contributed by atoms with Gasteiger partial charge in [-0.15, -0.1) is 0 Å². The number of anilines is 3. The average molecular weight is 335 g/mol. The minimum atomic E-state index is -0.349. The zero-order valence-corrected chi connectivity index (χ0v) is 13.8. The van der Waals surface area contributed by atoms with E-state index in [1.54, 1.807) is 30.5 Å². The van der Waals surface area contributed by atoms with Crippen LogP contribution in [-0.4, -0.2) is 10.9 Å². The Morgan fingerprint density at radius 1 is 1.04 bits per heavy atom. The number of halogens is 1. The molecule has 0 spiro atoms. The Kier molecular flexibility index (Phi) is 5.04. The summed E-state index contributed by atoms with van der Waals surface area (Å²) in [5.41, 5.74) is 3.36. The van der Waals surface area contributed by atoms with Gasteiger partial charge in [-0.2, -0.15) is 0 Å². The highest BCUT2D eigenvalue weighted by Gasteiger charge is 2.05. The maximum Gasteiger partial charge on any atom is 0.228 e. The van der Waals surface area contributed by atoms with E-state index in [1.165, 1.54) is 17.7 Å². The molecule has 0 aliphatic rings. The highest BCUT2D eigenvalue weighted by molar-refractivity contribution is 5.92. The van der Waals surface area contributed by atoms with Crippen molar-refractivity contribution in [1.29, 1.82) is 0 Å². The van der Waals surface area contributed by atoms with E-state index >= 15 is 0 Å². The lowest BCUT2D eigenvalue weighted by Crippen LogP contribution is -2.14. The van der Waals surface area contributed by atoms with Gasteiger partial charge in [0, 0.05) is 5.69 Å². The van der Waals surface area contributed by atoms with Crippen molar-refractivity contribution in [3.8, 4) is 0 Å². The van der Waals surface area contributed by atoms with Crippen LogP contribution in [0.25, 0.3) is 0 Å². The molecule has 126 valence electrons. The van der Waals surface area contributed by atoms with Gasteiger partial charge in [0.2, 0.25) is 5.91 Å². The zero-order chi connectivity index (χ0) is 17.6. The maximum absolute atomic E-state index is 13.1. The lowest BCUT2D eigenvalue weighted by Gasteiger charge is -2.08. The van der Waals surface area contributed by atoms with Crippen LogP contribution in [0.5, 0.6) is 0 Å². The number of carbonyl (C=O) groups excluding carboxylic acids is 1. The van der Waals surface area contributed by atoms with E-state index < -0.39 is 0 Å². The van der Waals surface area contributed by atoms with Gasteiger partial charge in [-0.05, 0) is 48.9 Å². The van der Waals surface area contributed by atoms with E-state index in [2.05, 4.69) is 15.6 Å². The number of rotatable bonds is 5. The van der Waals surface area contributed by atoms with Gasteiger partial charge in [-0.25, -0.2) is 9.37 Å². The fourth-order valence-electron chi connectivity index (χ4n) is 2.36. The second-order valence-electron chi connectivity index (χ2n) is 5.78. The first-order chi connectivity index (χ1) is 12.1. The summed E-state index contributed by atoms with van der Waals surface area (Å²) >= 11 is 0. The van der Waals surface area contributed by atoms with E-state index in [-0.39, 0.29) is 18.1 Å². The van der Waals surface area contributed by atoms with Gasteiger partial charge < -0.3 is 10.6 Å². The molecule has 0 bridgehead atoms. The fraction of sp³-hybridized carbons (Fsp3) is 0.100. The maximum atomic E-state index is 13.1. The summed E-state index contributed by atoms with van der Waals surface area (Å²) in [5.74, 6) is 0.122. The molecule has 2 aromatic carbocycles. The van der Waals surface area contributed by atoms with Crippen molar-refractivity contribution >= 4 is 23.1 Å². The van der Waals surface area contributed by atoms with Crippen LogP contribution in [0.1, 0.15) is 11.1 Å². The zero-order valence-electron chi connectivity index (χ0n) is 13.8. The predicted octanol–water partition coefficient (Wildman–Crippen LogP) is 4.45. The number of benzene rings is 2. The molecule has 0 saturated carbocycles. The average Bonchev–Trinajstić information content (AvgIpc) is 2.59. The molecular weight excluding hydrogens is 317 g/mol. The van der Waals surface area contributed by atoms with Crippen molar-refractivity contribution in [3.63, 3.8) is 0 Å². The Hall–Kier alpha value is -3.21. The van der Waals surface area contributed by atoms with Gasteiger partial charge >= 0.3 is 0 Å². The van der Waals surface area contributed by atoms with Crippen LogP contribution < -0.4 is 10.6 Å². The highest BCUT2D eigenvalue weighted by Crippen LogP contribution is 2.17. The van der Waals surface area contributed by atoms with Gasteiger partial charge in [0.05, 0.1) is 18.3 Å². The number of pyridine rings is 1. The molecule has 0 aliphatic heterocycles. The van der Waals surface area contributed by atoms with Crippen LogP contribution in [0.4, 0.5) is 21.6 Å². The summed E-state index contributed by atoms with van der Waals surface area (Å²) in [5, 5.41) is 5.95. The van der Waals surface area contributed by atoms with E-state index in [0.29, 0.717) is 17.1 Å². The third-order valence-corrected chi connectivity index (χ3v) is 3.62. The smallest absolute Gasteiger partial charge is 0.228 e. The topological polar surface area (TPSA) is 54.0 Å². The molecule has 0 unspecified atom stereocenters. The van der Waals surface area contributed by atoms with E-state index in [1.807, 2.05) is 31.2 Å². The third-order valence-electron chi connectivity index (χ3n) is 3.62. The normalized spacial score (nSPS) is 10.3. The van der Waals surface area contributed by atoms with Crippen molar-refractivity contribution in [1.82, 2.24) is 4.98 Å². The number of hydrogen-bond acceptors (Lipinski definition) is 3. The van der Waals surface area contributed by atoms with Crippen LogP contribution in [0.3, 0.4) is 0 Å². The molecule has 1 amide bonds. The number of hydrogen-bond donors (Lipinski definition) is 2. The standard InChI is InChI=1S/C20H18FN3O/c1-14-5-7-17(8-6-14)23-19-10-9-18(13-22-19)24-20(25)12-15-3-2-4-16(21)11-15/h2-11,13H,12H2,1H3,(H,22,23)(H,24,25). The van der Waals surface area contributed by atoms with Gasteiger partial charge in [-0.3, -0.25) is 4.79 Å². The minimum Gasteiger partial charge on any atom is -0.340 e. The second kappa shape index (κ2) is 7.57. The molecule has 1 aromatic heterocycles. The van der Waals surface area contributed by atoms with Gasteiger partial charge in [0.1, 0.15) is 11.6 Å². The number of carbonyl (C=O) groups is 1. The summed E-state index contributed by atoms with van der Waals surface area (Å²) in [6.45, 7) is 2.03. The van der Waals surface area contributed by atoms with Gasteiger partial charge in [-0.1, -0.05) is 29.8 Å². The Bertz CT molecular complexity index is 861. The highest BCUT2D eigenvalue weighted by atomic mass is 19.1. The Labute approximate surface area is 145 Å². The molecular formula is C20H18FN3O. The molecule has 4 nitrogen and oxygen atoms in total. The lowest BCUT2D eigenvalue weighted by molar-refractivity contribution is -0.115. The first-order valence-corrected chi connectivity index (χ1v) is 7.92. The van der Waals surface area contributed by atoms with Crippen molar-refractivity contribution in [3.05, 3.63) is 83.8 Å². The number of nitrogens with one attached hydrogen (secondary N) is 2. The molecule has 5 heteroatoms. The number of aromatic nitrogens is 1. The quantitative estimate of drug-likeness (QED) is 0.724. The largest absolute Gasteiger partial charge is 0.340 e. The number of nitrogens with zero attached hydrogens (tertiary/aromatic N) is 1. The van der Waals surface area contributed by atoms with Crippen LogP contribution >= 0.6 is 0 Å². The molecule has 1 heterocycles. The Morgan fingerprint density at radius 2 is 1.80 bits per heavy atom. The molecule has 0 saturated heterocycles. The molecule has 3 aromatic rings. The summed E-state index contributed by atoms with van der Waals surface area (Å²) in [6, 6.07) is 17.6. The molecule has 0 atom stereocenters. The van der Waals surface area contributed by atoms with Crippen LogP contribution in [0, 0.1) is 12.7 Å². The van der Waals surface area contributed by atoms with Gasteiger partial charge in [0.15, 0.2) is 0 Å². The molecule has 0 radical (unpaired) electrons. The van der Waals surface area contributed by atoms with Crippen molar-refractivity contribution in [2.24, 2.45) is 0 Å². The Morgan fingerprint density at radius 3 is 2.48 bits per heavy atom. The van der Waals surface area contributed by atoms with Crippen LogP contribution in [0.2, 0.25) is 0 Å². The molecule has 0 aliphatic carbocycles. The summed E-state index contributed by atoms with van der Waals surface area (Å²) in [7, 11) is 0. The van der Waals surface area contributed by atoms with Crippen LogP contribution in [-0.2, 0) is 11.2 Å². The summed E-state index contributed by atoms with van der Waals surface area (Å²) in [6.07, 6.45) is 1.70. The van der Waals surface area contributed by atoms with Gasteiger partial charge in [0.25, 0.3) is 0 Å². The van der Waals surface area contributed by atoms with Crippen molar-refractivity contribution in [2.75, 3.05) is 10.6 Å². The number of aryl methyl sites for hydroxylation is 1. The van der Waals surface area contributed by atoms with Crippen molar-refractivity contribution in [2.45, 2.75) is 13.3 Å². The van der Waals surface area contributed by atoms with Crippen molar-refractivity contribution < 1.29 is 9.18 Å². The second-order valence-corrected chi connectivity index (χ2v) is 5.78. The van der Waals surface area contributed by atoms with Crippen LogP contribution in [0.15, 0.2) is 66.9 Å². The predicted molar refractivity (Wildman–Crippen MR) is 97.4 cm³/mol. The number of amides is 1. The van der Waals surface area contributed by atoms with E-state index in [0.717, 1.165) is 5.69 Å².